The molecule has 0 spiro atoms. The summed E-state index contributed by atoms with van der Waals surface area (Å²) in [4.78, 5) is 0. The first-order valence-corrected chi connectivity index (χ1v) is 2.57. The molecule has 0 radical (unpaired) electrons. The van der Waals surface area contributed by atoms with Gasteiger partial charge < -0.3 is 10.5 Å². The highest BCUT2D eigenvalue weighted by Crippen LogP contribution is 1.56. The van der Waals surface area contributed by atoms with Gasteiger partial charge >= 0.3 is 0 Å². The fraction of sp³-hybridized carbons (Fsp3) is 0.800. The molecular formula is C5H14N2O. The molecule has 3 N–H and O–H groups in total. The van der Waals surface area contributed by atoms with Crippen LogP contribution in [0.1, 0.15) is 20.3 Å². The third-order valence-corrected chi connectivity index (χ3v) is 0.220. The van der Waals surface area contributed by atoms with Crippen LogP contribution in [-0.4, -0.2) is 13.1 Å². The molecule has 0 bridgehead atoms. The predicted molar refractivity (Wildman–Crippen MR) is 34.9 cm³/mol. The molecule has 0 amide bonds. The van der Waals surface area contributed by atoms with Crippen LogP contribution in [0.2, 0.25) is 0 Å². The molecule has 0 atom stereocenters. The smallest absolute Gasteiger partial charge is 0.278 e. The van der Waals surface area contributed by atoms with E-state index in [0.717, 1.165) is 0 Å². The second-order valence-electron chi connectivity index (χ2n) is 1.28. The van der Waals surface area contributed by atoms with E-state index >= 15 is 0 Å². The van der Waals surface area contributed by atoms with Crippen LogP contribution in [0, 0.1) is 5.41 Å². The Morgan fingerprint density at radius 2 is 1.75 bits per heavy atom. The van der Waals surface area contributed by atoms with Gasteiger partial charge in [-0.05, 0) is 0 Å². The van der Waals surface area contributed by atoms with E-state index in [0.29, 0.717) is 0 Å². The monoisotopic (exact) mass is 118 g/mol. The molecule has 0 aliphatic rings. The van der Waals surface area contributed by atoms with E-state index in [1.807, 2.05) is 0 Å². The number of methoxy groups -OCH3 is 1. The minimum Gasteiger partial charge on any atom is -0.469 e. The topological polar surface area (TPSA) is 59.1 Å². The molecule has 50 valence electrons. The first-order chi connectivity index (χ1) is 3.68. The zero-order valence-electron chi connectivity index (χ0n) is 5.69. The molecule has 0 aliphatic carbocycles. The number of hydrogen-bond donors (Lipinski definition) is 2. The zero-order valence-corrected chi connectivity index (χ0v) is 5.69. The second-order valence-corrected chi connectivity index (χ2v) is 1.28. The molecule has 0 aromatic carbocycles. The Hall–Kier alpha value is -0.730. The number of nitrogens with one attached hydrogen (secondary N) is 1. The minimum absolute atomic E-state index is 0.245. The van der Waals surface area contributed by atoms with Crippen molar-refractivity contribution in [1.29, 1.82) is 5.41 Å². The summed E-state index contributed by atoms with van der Waals surface area (Å²) in [6, 6.07) is -0.245. The first kappa shape index (κ1) is 10.3. The van der Waals surface area contributed by atoms with Gasteiger partial charge in [0.2, 0.25) is 0 Å². The van der Waals surface area contributed by atoms with E-state index in [1.54, 1.807) is 0 Å². The molecule has 0 aliphatic heterocycles. The van der Waals surface area contributed by atoms with Gasteiger partial charge in [-0.1, -0.05) is 20.3 Å². The van der Waals surface area contributed by atoms with Gasteiger partial charge in [-0.25, -0.2) is 0 Å². The maximum absolute atomic E-state index is 6.30. The van der Waals surface area contributed by atoms with Gasteiger partial charge in [0.05, 0.1) is 7.11 Å². The Labute approximate surface area is 50.3 Å². The molecule has 0 unspecified atom stereocenters. The Morgan fingerprint density at radius 1 is 1.62 bits per heavy atom. The van der Waals surface area contributed by atoms with Crippen molar-refractivity contribution in [2.75, 3.05) is 7.11 Å². The fourth-order valence-corrected chi connectivity index (χ4v) is 0. The van der Waals surface area contributed by atoms with E-state index < -0.39 is 0 Å². The van der Waals surface area contributed by atoms with Crippen molar-refractivity contribution >= 4 is 6.02 Å². The van der Waals surface area contributed by atoms with Crippen molar-refractivity contribution in [1.82, 2.24) is 0 Å². The fourth-order valence-electron chi connectivity index (χ4n) is 0. The van der Waals surface area contributed by atoms with Crippen LogP contribution in [-0.2, 0) is 4.74 Å². The molecule has 3 nitrogen and oxygen atoms in total. The average Bonchev–Trinajstić information content (AvgIpc) is 1.69. The van der Waals surface area contributed by atoms with E-state index in [-0.39, 0.29) is 6.02 Å². The van der Waals surface area contributed by atoms with Gasteiger partial charge in [-0.3, -0.25) is 5.41 Å². The number of rotatable bonds is 0. The zero-order chi connectivity index (χ0) is 6.99. The van der Waals surface area contributed by atoms with Gasteiger partial charge in [-0.2, -0.15) is 0 Å². The SMILES string of the molecule is CCC.COC(=N)N. The molecule has 0 aromatic heterocycles. The average molecular weight is 118 g/mol. The van der Waals surface area contributed by atoms with E-state index in [9.17, 15) is 0 Å². The molecule has 0 heterocycles. The van der Waals surface area contributed by atoms with Crippen LogP contribution in [0.25, 0.3) is 0 Å². The number of amidine groups is 1. The third kappa shape index (κ3) is 59.6. The maximum Gasteiger partial charge on any atom is 0.278 e. The summed E-state index contributed by atoms with van der Waals surface area (Å²) in [7, 11) is 1.35. The lowest BCUT2D eigenvalue weighted by Gasteiger charge is -1.85. The van der Waals surface area contributed by atoms with Crippen molar-refractivity contribution < 1.29 is 4.74 Å². The normalized spacial score (nSPS) is 6.38. The quantitative estimate of drug-likeness (QED) is 0.367. The second kappa shape index (κ2) is 9.55. The van der Waals surface area contributed by atoms with Gasteiger partial charge in [-0.15, -0.1) is 0 Å². The summed E-state index contributed by atoms with van der Waals surface area (Å²) in [5, 5.41) is 6.30. The standard InChI is InChI=1S/C3H8.C2H6N2O/c1-3-2;1-5-2(3)4/h3H2,1-2H3;1H3,(H3,3,4). The van der Waals surface area contributed by atoms with Crippen molar-refractivity contribution in [3.8, 4) is 0 Å². The van der Waals surface area contributed by atoms with Crippen LogP contribution >= 0.6 is 0 Å². The van der Waals surface area contributed by atoms with Crippen LogP contribution in [0.15, 0.2) is 0 Å². The largest absolute Gasteiger partial charge is 0.469 e. The van der Waals surface area contributed by atoms with Crippen molar-refractivity contribution in [2.45, 2.75) is 20.3 Å². The minimum atomic E-state index is -0.245. The van der Waals surface area contributed by atoms with Gasteiger partial charge in [0.15, 0.2) is 0 Å². The lowest BCUT2D eigenvalue weighted by molar-refractivity contribution is 0.393. The highest BCUT2D eigenvalue weighted by atomic mass is 16.5. The Morgan fingerprint density at radius 3 is 1.75 bits per heavy atom. The number of nitrogens with two attached hydrogens (primary N) is 1. The first-order valence-electron chi connectivity index (χ1n) is 2.57. The van der Waals surface area contributed by atoms with E-state index in [4.69, 9.17) is 5.41 Å². The lowest BCUT2D eigenvalue weighted by atomic mass is 10.6. The summed E-state index contributed by atoms with van der Waals surface area (Å²) in [6.07, 6.45) is 1.25. The summed E-state index contributed by atoms with van der Waals surface area (Å²) >= 11 is 0. The van der Waals surface area contributed by atoms with Crippen molar-refractivity contribution in [3.63, 3.8) is 0 Å². The van der Waals surface area contributed by atoms with Crippen molar-refractivity contribution in [3.05, 3.63) is 0 Å². The highest BCUT2D eigenvalue weighted by Gasteiger charge is 1.68. The van der Waals surface area contributed by atoms with Gasteiger partial charge in [0.25, 0.3) is 6.02 Å². The Bertz CT molecular complexity index is 54.4. The highest BCUT2D eigenvalue weighted by molar-refractivity contribution is 5.67. The van der Waals surface area contributed by atoms with E-state index in [1.165, 1.54) is 13.5 Å². The molecule has 8 heavy (non-hydrogen) atoms. The third-order valence-electron chi connectivity index (χ3n) is 0.220. The Kier molecular flexibility index (Phi) is 12.3. The molecule has 0 saturated heterocycles. The van der Waals surface area contributed by atoms with Crippen LogP contribution in [0.5, 0.6) is 0 Å². The molecule has 0 saturated carbocycles. The molecule has 0 aromatic rings. The number of hydrogen-bond acceptors (Lipinski definition) is 2. The summed E-state index contributed by atoms with van der Waals surface area (Å²) in [5.41, 5.74) is 4.65. The molecule has 0 fully saturated rings. The van der Waals surface area contributed by atoms with Gasteiger partial charge in [0.1, 0.15) is 0 Å². The van der Waals surface area contributed by atoms with E-state index in [2.05, 4.69) is 24.3 Å². The number of ether oxygens (including phenoxy) is 1. The molecular weight excluding hydrogens is 104 g/mol. The van der Waals surface area contributed by atoms with Crippen LogP contribution in [0.4, 0.5) is 0 Å². The predicted octanol–water partition coefficient (Wildman–Crippen LogP) is 0.943. The van der Waals surface area contributed by atoms with Gasteiger partial charge in [0, 0.05) is 0 Å². The molecule has 0 rings (SSSR count). The van der Waals surface area contributed by atoms with Crippen LogP contribution in [0.3, 0.4) is 0 Å². The summed E-state index contributed by atoms with van der Waals surface area (Å²) in [5.74, 6) is 0. The van der Waals surface area contributed by atoms with Crippen LogP contribution < -0.4 is 5.73 Å². The Balaban J connectivity index is 0. The molecule has 3 heteroatoms. The van der Waals surface area contributed by atoms with Crippen molar-refractivity contribution in [2.24, 2.45) is 5.73 Å². The summed E-state index contributed by atoms with van der Waals surface area (Å²) in [6.45, 7) is 4.25. The summed E-state index contributed by atoms with van der Waals surface area (Å²) < 4.78 is 4.11. The maximum atomic E-state index is 6.30. The lowest BCUT2D eigenvalue weighted by Crippen LogP contribution is -2.10.